The number of aliphatic hydroxyl groups excluding tert-OH is 5. The number of amides is 1. The summed E-state index contributed by atoms with van der Waals surface area (Å²) in [6, 6.07) is -0.829. The lowest BCUT2D eigenvalue weighted by atomic mass is 9.99. The van der Waals surface area contributed by atoms with Gasteiger partial charge in [0.05, 0.1) is 32.0 Å². The molecule has 0 aromatic carbocycles. The molecule has 1 heterocycles. The zero-order chi connectivity index (χ0) is 56.6. The molecule has 456 valence electrons. The third kappa shape index (κ3) is 45.3. The van der Waals surface area contributed by atoms with Gasteiger partial charge in [-0.1, -0.05) is 262 Å². The van der Waals surface area contributed by atoms with E-state index < -0.39 is 49.5 Å². The van der Waals surface area contributed by atoms with Crippen LogP contribution in [0.25, 0.3) is 0 Å². The molecule has 0 bridgehead atoms. The van der Waals surface area contributed by atoms with Crippen molar-refractivity contribution in [3.05, 3.63) is 48.6 Å². The van der Waals surface area contributed by atoms with E-state index in [0.29, 0.717) is 19.4 Å². The maximum Gasteiger partial charge on any atom is 0.305 e. The first-order valence-corrected chi connectivity index (χ1v) is 32.9. The molecule has 1 amide bonds. The second-order valence-corrected chi connectivity index (χ2v) is 22.8. The minimum atomic E-state index is -1.58. The van der Waals surface area contributed by atoms with Gasteiger partial charge in [0.1, 0.15) is 24.4 Å². The Balaban J connectivity index is 1.97. The molecular weight excluding hydrogens is 979 g/mol. The molecule has 11 nitrogen and oxygen atoms in total. The van der Waals surface area contributed by atoms with Crippen LogP contribution < -0.4 is 5.32 Å². The molecule has 1 fully saturated rings. The number of carbonyl (C=O) groups excluding carboxylic acids is 2. The summed E-state index contributed by atoms with van der Waals surface area (Å²) in [6.07, 6.45) is 62.5. The number of allylic oxidation sites excluding steroid dienone is 7. The van der Waals surface area contributed by atoms with Crippen molar-refractivity contribution < 1.29 is 49.3 Å². The van der Waals surface area contributed by atoms with Crippen molar-refractivity contribution in [2.24, 2.45) is 0 Å². The lowest BCUT2D eigenvalue weighted by molar-refractivity contribution is -0.302. The van der Waals surface area contributed by atoms with Gasteiger partial charge in [0.25, 0.3) is 0 Å². The van der Waals surface area contributed by atoms with Gasteiger partial charge in [0.2, 0.25) is 5.91 Å². The maximum atomic E-state index is 13.0. The zero-order valence-electron chi connectivity index (χ0n) is 50.4. The maximum absolute atomic E-state index is 13.0. The van der Waals surface area contributed by atoms with Crippen molar-refractivity contribution in [3.8, 4) is 0 Å². The summed E-state index contributed by atoms with van der Waals surface area (Å²) < 4.78 is 16.7. The summed E-state index contributed by atoms with van der Waals surface area (Å²) >= 11 is 0. The second-order valence-electron chi connectivity index (χ2n) is 22.8. The number of hydrogen-bond acceptors (Lipinski definition) is 10. The van der Waals surface area contributed by atoms with E-state index in [1.807, 2.05) is 6.08 Å². The molecule has 0 spiro atoms. The molecule has 7 unspecified atom stereocenters. The third-order valence-corrected chi connectivity index (χ3v) is 15.4. The van der Waals surface area contributed by atoms with Crippen LogP contribution in [0.2, 0.25) is 0 Å². The summed E-state index contributed by atoms with van der Waals surface area (Å²) in [4.78, 5) is 25.1. The zero-order valence-corrected chi connectivity index (χ0v) is 50.4. The van der Waals surface area contributed by atoms with Crippen LogP contribution in [0.1, 0.15) is 303 Å². The molecule has 1 aliphatic rings. The molecule has 78 heavy (non-hydrogen) atoms. The molecule has 0 saturated carbocycles. The van der Waals surface area contributed by atoms with Crippen LogP contribution in [-0.2, 0) is 23.8 Å². The number of unbranched alkanes of at least 4 members (excludes halogenated alkanes) is 37. The second kappa shape index (κ2) is 56.5. The van der Waals surface area contributed by atoms with Crippen LogP contribution in [0.5, 0.6) is 0 Å². The standard InChI is InChI=1S/C67H123NO10/c1-3-5-7-9-11-13-14-15-32-35-39-43-47-51-55-63(72)76-56-52-48-44-40-36-33-30-28-26-24-22-20-18-16-17-19-21-23-25-27-29-31-34-38-42-46-50-54-62(71)68-59(60(70)53-49-45-41-37-12-10-8-6-4-2)58-77-67-66(75)65(74)64(73)61(57-69)78-67/h12,16-17,20,22,37,49,53,59-61,64-67,69-70,73-75H,3-11,13-15,18-19,21,23-36,38-48,50-52,54-58H2,1-2H3,(H,68,71)/b17-16-,22-20-,37-12+,53-49+. The van der Waals surface area contributed by atoms with Crippen LogP contribution in [0.15, 0.2) is 48.6 Å². The Morgan fingerprint density at radius 2 is 0.872 bits per heavy atom. The first kappa shape index (κ1) is 73.6. The minimum Gasteiger partial charge on any atom is -0.466 e. The van der Waals surface area contributed by atoms with Crippen molar-refractivity contribution in [2.75, 3.05) is 19.8 Å². The molecule has 1 saturated heterocycles. The first-order valence-electron chi connectivity index (χ1n) is 32.9. The van der Waals surface area contributed by atoms with Crippen LogP contribution >= 0.6 is 0 Å². The van der Waals surface area contributed by atoms with E-state index in [-0.39, 0.29) is 18.5 Å². The summed E-state index contributed by atoms with van der Waals surface area (Å²) in [5, 5.41) is 54.2. The molecule has 0 aliphatic carbocycles. The molecule has 11 heteroatoms. The molecule has 0 aromatic heterocycles. The van der Waals surface area contributed by atoms with Crippen molar-refractivity contribution in [1.82, 2.24) is 5.32 Å². The van der Waals surface area contributed by atoms with E-state index in [4.69, 9.17) is 14.2 Å². The first-order chi connectivity index (χ1) is 38.2. The summed E-state index contributed by atoms with van der Waals surface area (Å²) in [6.45, 7) is 4.28. The van der Waals surface area contributed by atoms with Gasteiger partial charge in [0, 0.05) is 12.8 Å². The SMILES string of the molecule is CCCCC/C=C/CC/C=C/C(O)C(COC1OC(CO)C(O)C(O)C1O)NC(=O)CCCCCCCCCCCCC/C=C\C/C=C\CCCCCCCCCCCOC(=O)CCCCCCCCCCCCCCCC. The quantitative estimate of drug-likeness (QED) is 0.0195. The number of aliphatic hydroxyl groups is 5. The average Bonchev–Trinajstić information content (AvgIpc) is 3.44. The van der Waals surface area contributed by atoms with E-state index in [2.05, 4.69) is 55.6 Å². The molecule has 1 rings (SSSR count). The van der Waals surface area contributed by atoms with Crippen LogP contribution in [-0.4, -0.2) is 100 Å². The topological polar surface area (TPSA) is 175 Å². The number of nitrogens with one attached hydrogen (secondary N) is 1. The Bertz CT molecular complexity index is 1430. The van der Waals surface area contributed by atoms with Gasteiger partial charge in [-0.3, -0.25) is 9.59 Å². The monoisotopic (exact) mass is 1100 g/mol. The number of esters is 1. The normalized spacial score (nSPS) is 18.8. The van der Waals surface area contributed by atoms with Crippen molar-refractivity contribution in [1.29, 1.82) is 0 Å². The average molecular weight is 1100 g/mol. The van der Waals surface area contributed by atoms with Crippen LogP contribution in [0.4, 0.5) is 0 Å². The molecule has 7 atom stereocenters. The van der Waals surface area contributed by atoms with Crippen molar-refractivity contribution in [3.63, 3.8) is 0 Å². The highest BCUT2D eigenvalue weighted by atomic mass is 16.7. The predicted molar refractivity (Wildman–Crippen MR) is 324 cm³/mol. The fourth-order valence-corrected chi connectivity index (χ4v) is 10.2. The van der Waals surface area contributed by atoms with Gasteiger partial charge in [0.15, 0.2) is 6.29 Å². The fraction of sp³-hybridized carbons (Fsp3) is 0.851. The lowest BCUT2D eigenvalue weighted by Gasteiger charge is -2.40. The molecule has 6 N–H and O–H groups in total. The van der Waals surface area contributed by atoms with Gasteiger partial charge in [-0.2, -0.15) is 0 Å². The Labute approximate surface area is 478 Å². The number of ether oxygens (including phenoxy) is 3. The van der Waals surface area contributed by atoms with E-state index in [0.717, 1.165) is 70.6 Å². The van der Waals surface area contributed by atoms with Gasteiger partial charge in [-0.05, 0) is 77.0 Å². The highest BCUT2D eigenvalue weighted by Crippen LogP contribution is 2.23. The predicted octanol–water partition coefficient (Wildman–Crippen LogP) is 16.0. The van der Waals surface area contributed by atoms with Gasteiger partial charge in [-0.25, -0.2) is 0 Å². The summed E-state index contributed by atoms with van der Waals surface area (Å²) in [5.74, 6) is -0.195. The molecule has 0 radical (unpaired) electrons. The van der Waals surface area contributed by atoms with E-state index in [9.17, 15) is 35.1 Å². The third-order valence-electron chi connectivity index (χ3n) is 15.4. The highest BCUT2D eigenvalue weighted by Gasteiger charge is 2.44. The Morgan fingerprint density at radius 1 is 0.474 bits per heavy atom. The number of hydrogen-bond donors (Lipinski definition) is 6. The van der Waals surface area contributed by atoms with Crippen LogP contribution in [0.3, 0.4) is 0 Å². The highest BCUT2D eigenvalue weighted by molar-refractivity contribution is 5.76. The van der Waals surface area contributed by atoms with Crippen molar-refractivity contribution >= 4 is 11.9 Å². The van der Waals surface area contributed by atoms with Gasteiger partial charge >= 0.3 is 5.97 Å². The van der Waals surface area contributed by atoms with Gasteiger partial charge in [-0.15, -0.1) is 0 Å². The number of carbonyl (C=O) groups is 2. The van der Waals surface area contributed by atoms with Crippen LogP contribution in [0, 0.1) is 0 Å². The van der Waals surface area contributed by atoms with E-state index in [1.165, 1.54) is 205 Å². The molecular formula is C67H123NO10. The number of rotatable bonds is 57. The fourth-order valence-electron chi connectivity index (χ4n) is 10.2. The molecule has 1 aliphatic heterocycles. The van der Waals surface area contributed by atoms with E-state index >= 15 is 0 Å². The van der Waals surface area contributed by atoms with Gasteiger partial charge < -0.3 is 45.1 Å². The smallest absolute Gasteiger partial charge is 0.305 e. The molecule has 0 aromatic rings. The minimum absolute atomic E-state index is 0.00275. The van der Waals surface area contributed by atoms with E-state index in [1.54, 1.807) is 6.08 Å². The summed E-state index contributed by atoms with van der Waals surface area (Å²) in [7, 11) is 0. The Hall–Kier alpha value is -2.38. The summed E-state index contributed by atoms with van der Waals surface area (Å²) in [5.41, 5.74) is 0. The largest absolute Gasteiger partial charge is 0.466 e. The lowest BCUT2D eigenvalue weighted by Crippen LogP contribution is -2.60. The Morgan fingerprint density at radius 3 is 1.37 bits per heavy atom. The van der Waals surface area contributed by atoms with Crippen molar-refractivity contribution in [2.45, 2.75) is 346 Å². The Kier molecular flexibility index (Phi) is 53.3.